The van der Waals surface area contributed by atoms with Gasteiger partial charge in [-0.3, -0.25) is 14.9 Å². The minimum Gasteiger partial charge on any atom is -0.499 e. The van der Waals surface area contributed by atoms with Crippen LogP contribution in [0.4, 0.5) is 10.5 Å². The Labute approximate surface area is 183 Å². The fourth-order valence-corrected chi connectivity index (χ4v) is 2.51. The van der Waals surface area contributed by atoms with Gasteiger partial charge in [0.15, 0.2) is 5.75 Å². The summed E-state index contributed by atoms with van der Waals surface area (Å²) in [6.07, 6.45) is -0.394. The summed E-state index contributed by atoms with van der Waals surface area (Å²) in [6.45, 7) is 6.55. The first-order chi connectivity index (χ1) is 14.9. The molecular formula is C20H23N3O9. The predicted molar refractivity (Wildman–Crippen MR) is 109 cm³/mol. The highest BCUT2D eigenvalue weighted by Crippen LogP contribution is 2.38. The van der Waals surface area contributed by atoms with E-state index in [9.17, 15) is 34.9 Å². The molecule has 0 saturated carbocycles. The fraction of sp³-hybridized carbons (Fsp3) is 0.400. The van der Waals surface area contributed by atoms with Gasteiger partial charge >= 0.3 is 17.8 Å². The Bertz CT molecular complexity index is 989. The highest BCUT2D eigenvalue weighted by Gasteiger charge is 2.35. The molecule has 1 N–H and O–H groups in total. The van der Waals surface area contributed by atoms with Crippen molar-refractivity contribution in [2.24, 2.45) is 0 Å². The molecule has 12 nitrogen and oxygen atoms in total. The summed E-state index contributed by atoms with van der Waals surface area (Å²) in [5.41, 5.74) is -2.98. The maximum atomic E-state index is 12.4. The third-order valence-electron chi connectivity index (χ3n) is 4.20. The second-order valence-electron chi connectivity index (χ2n) is 6.75. The van der Waals surface area contributed by atoms with Crippen LogP contribution in [-0.2, 0) is 19.1 Å². The number of benzene rings is 1. The predicted octanol–water partition coefficient (Wildman–Crippen LogP) is 2.54. The van der Waals surface area contributed by atoms with Crippen LogP contribution in [0.15, 0.2) is 17.7 Å². The number of likely N-dealkylation sites (N-methyl/N-ethyl adjacent to an activating group) is 1. The number of hydrogen-bond acceptors (Lipinski definition) is 10. The number of carbonyl (C=O) groups excluding carboxylic acids is 3. The molecule has 0 bridgehead atoms. The van der Waals surface area contributed by atoms with E-state index in [1.807, 2.05) is 0 Å². The Morgan fingerprint density at radius 2 is 1.88 bits per heavy atom. The minimum absolute atomic E-state index is 0.0680. The lowest BCUT2D eigenvalue weighted by molar-refractivity contribution is -0.385. The molecule has 0 aromatic heterocycles. The van der Waals surface area contributed by atoms with Gasteiger partial charge in [-0.2, -0.15) is 5.26 Å². The van der Waals surface area contributed by atoms with E-state index in [0.29, 0.717) is 13.1 Å². The minimum atomic E-state index is -1.74. The van der Waals surface area contributed by atoms with Gasteiger partial charge in [0.25, 0.3) is 5.91 Å². The standard InChI is InChI=1S/C20H23N3O9/c1-6-22(7-2)17(25)13(11-21)8-12-9-14(23(28)29)16(24)15(10-12)31-19(27)32-20(3,4)18(26)30-5/h8-10,24H,6-7H2,1-5H3/b13-8+. The van der Waals surface area contributed by atoms with Crippen LogP contribution in [-0.4, -0.2) is 58.8 Å². The van der Waals surface area contributed by atoms with Crippen molar-refractivity contribution in [3.63, 3.8) is 0 Å². The van der Waals surface area contributed by atoms with E-state index in [-0.39, 0.29) is 11.1 Å². The number of nitro benzene ring substituents is 1. The number of nitrogens with zero attached hydrogens (tertiary/aromatic N) is 3. The third-order valence-corrected chi connectivity index (χ3v) is 4.20. The van der Waals surface area contributed by atoms with E-state index in [4.69, 9.17) is 9.47 Å². The summed E-state index contributed by atoms with van der Waals surface area (Å²) in [5.74, 6) is -3.16. The van der Waals surface area contributed by atoms with Crippen LogP contribution in [0.25, 0.3) is 6.08 Å². The number of aromatic hydroxyl groups is 1. The Hall–Kier alpha value is -4.14. The lowest BCUT2D eigenvalue weighted by Crippen LogP contribution is -2.39. The topological polar surface area (TPSA) is 169 Å². The lowest BCUT2D eigenvalue weighted by Gasteiger charge is -2.21. The quantitative estimate of drug-likeness (QED) is 0.155. The number of nitro groups is 1. The van der Waals surface area contributed by atoms with Gasteiger partial charge in [0.1, 0.15) is 11.6 Å². The maximum absolute atomic E-state index is 12.4. The molecule has 0 atom stereocenters. The average molecular weight is 449 g/mol. The van der Waals surface area contributed by atoms with Gasteiger partial charge in [-0.05, 0) is 45.4 Å². The number of phenols is 1. The van der Waals surface area contributed by atoms with Crippen LogP contribution < -0.4 is 4.74 Å². The average Bonchev–Trinajstić information content (AvgIpc) is 2.73. The second kappa shape index (κ2) is 10.8. The molecule has 32 heavy (non-hydrogen) atoms. The number of esters is 1. The monoisotopic (exact) mass is 449 g/mol. The summed E-state index contributed by atoms with van der Waals surface area (Å²) < 4.78 is 14.2. The second-order valence-corrected chi connectivity index (χ2v) is 6.75. The van der Waals surface area contributed by atoms with Gasteiger partial charge in [0.05, 0.1) is 12.0 Å². The summed E-state index contributed by atoms with van der Waals surface area (Å²) in [5, 5.41) is 30.8. The molecule has 1 rings (SSSR count). The summed E-state index contributed by atoms with van der Waals surface area (Å²) in [7, 11) is 1.08. The molecule has 172 valence electrons. The lowest BCUT2D eigenvalue weighted by atomic mass is 10.1. The Kier molecular flexibility index (Phi) is 8.71. The van der Waals surface area contributed by atoms with Crippen molar-refractivity contribution < 1.29 is 38.6 Å². The third kappa shape index (κ3) is 6.18. The number of rotatable bonds is 8. The highest BCUT2D eigenvalue weighted by atomic mass is 16.7. The first-order valence-corrected chi connectivity index (χ1v) is 9.33. The van der Waals surface area contributed by atoms with Crippen molar-refractivity contribution in [1.82, 2.24) is 4.90 Å². The van der Waals surface area contributed by atoms with Crippen LogP contribution >= 0.6 is 0 Å². The molecule has 0 fully saturated rings. The van der Waals surface area contributed by atoms with Gasteiger partial charge in [-0.25, -0.2) is 9.59 Å². The molecule has 1 amide bonds. The molecule has 0 heterocycles. The molecular weight excluding hydrogens is 426 g/mol. The van der Waals surface area contributed by atoms with Crippen molar-refractivity contribution >= 4 is 29.8 Å². The van der Waals surface area contributed by atoms with Crippen LogP contribution in [0, 0.1) is 21.4 Å². The van der Waals surface area contributed by atoms with Crippen molar-refractivity contribution in [3.8, 4) is 17.6 Å². The Morgan fingerprint density at radius 3 is 2.34 bits per heavy atom. The van der Waals surface area contributed by atoms with E-state index in [0.717, 1.165) is 25.3 Å². The molecule has 1 aromatic rings. The zero-order valence-corrected chi connectivity index (χ0v) is 18.2. The largest absolute Gasteiger partial charge is 0.515 e. The molecule has 12 heteroatoms. The van der Waals surface area contributed by atoms with Gasteiger partial charge in [0, 0.05) is 19.2 Å². The number of amides is 1. The molecule has 0 unspecified atom stereocenters. The SMILES string of the molecule is CCN(CC)C(=O)/C(C#N)=C/c1cc(OC(=O)OC(C)(C)C(=O)OC)c(O)c([N+](=O)[O-])c1. The molecule has 0 radical (unpaired) electrons. The van der Waals surface area contributed by atoms with Gasteiger partial charge in [-0.15, -0.1) is 0 Å². The molecule has 0 spiro atoms. The zero-order valence-electron chi connectivity index (χ0n) is 18.2. The van der Waals surface area contributed by atoms with Crippen LogP contribution in [0.5, 0.6) is 11.5 Å². The van der Waals surface area contributed by atoms with Crippen LogP contribution in [0.3, 0.4) is 0 Å². The molecule has 1 aromatic carbocycles. The van der Waals surface area contributed by atoms with E-state index >= 15 is 0 Å². The fourth-order valence-electron chi connectivity index (χ4n) is 2.51. The van der Waals surface area contributed by atoms with Crippen molar-refractivity contribution in [2.45, 2.75) is 33.3 Å². The van der Waals surface area contributed by atoms with E-state index < -0.39 is 45.7 Å². The van der Waals surface area contributed by atoms with Crippen molar-refractivity contribution in [1.29, 1.82) is 5.26 Å². The van der Waals surface area contributed by atoms with E-state index in [1.54, 1.807) is 19.9 Å². The first-order valence-electron chi connectivity index (χ1n) is 9.33. The van der Waals surface area contributed by atoms with Crippen molar-refractivity contribution in [3.05, 3.63) is 33.4 Å². The number of nitriles is 1. The molecule has 0 aliphatic rings. The summed E-state index contributed by atoms with van der Waals surface area (Å²) in [6, 6.07) is 3.63. The van der Waals surface area contributed by atoms with Crippen LogP contribution in [0.2, 0.25) is 0 Å². The van der Waals surface area contributed by atoms with Gasteiger partial charge in [-0.1, -0.05) is 0 Å². The highest BCUT2D eigenvalue weighted by molar-refractivity contribution is 6.01. The van der Waals surface area contributed by atoms with E-state index in [1.165, 1.54) is 18.7 Å². The van der Waals surface area contributed by atoms with Gasteiger partial charge in [0.2, 0.25) is 11.4 Å². The number of hydrogen-bond donors (Lipinski definition) is 1. The zero-order chi connectivity index (χ0) is 24.6. The number of carbonyl (C=O) groups is 3. The molecule has 0 aliphatic carbocycles. The normalized spacial score (nSPS) is 11.2. The number of phenolic OH excluding ortho intramolecular Hbond substituents is 1. The van der Waals surface area contributed by atoms with Gasteiger partial charge < -0.3 is 24.2 Å². The smallest absolute Gasteiger partial charge is 0.499 e. The van der Waals surface area contributed by atoms with E-state index in [2.05, 4.69) is 4.74 Å². The molecule has 0 saturated heterocycles. The summed E-state index contributed by atoms with van der Waals surface area (Å²) in [4.78, 5) is 47.9. The Balaban J connectivity index is 3.40. The maximum Gasteiger partial charge on any atom is 0.515 e. The van der Waals surface area contributed by atoms with Crippen molar-refractivity contribution in [2.75, 3.05) is 20.2 Å². The van der Waals surface area contributed by atoms with Crippen LogP contribution in [0.1, 0.15) is 33.3 Å². The Morgan fingerprint density at radius 1 is 1.28 bits per heavy atom. The summed E-state index contributed by atoms with van der Waals surface area (Å²) >= 11 is 0. The number of ether oxygens (including phenoxy) is 3. The molecule has 0 aliphatic heterocycles. The number of methoxy groups -OCH3 is 1. The first kappa shape index (κ1) is 25.9.